The maximum atomic E-state index is 4.25. The third-order valence-electron chi connectivity index (χ3n) is 2.67. The average molecular weight is 314 g/mol. The second-order valence-electron chi connectivity index (χ2n) is 3.95. The quantitative estimate of drug-likeness (QED) is 0.917. The molecule has 92 valence electrons. The summed E-state index contributed by atoms with van der Waals surface area (Å²) in [6.07, 6.45) is 2.97. The number of halogens is 1. The number of aromatic nitrogens is 2. The van der Waals surface area contributed by atoms with Gasteiger partial charge in [0, 0.05) is 13.2 Å². The number of hydrogen-bond acceptors (Lipinski definition) is 3. The van der Waals surface area contributed by atoms with E-state index in [1.54, 1.807) is 11.3 Å². The molecule has 17 heavy (non-hydrogen) atoms. The van der Waals surface area contributed by atoms with Crippen molar-refractivity contribution in [1.29, 1.82) is 0 Å². The van der Waals surface area contributed by atoms with E-state index in [9.17, 15) is 0 Å². The maximum absolute atomic E-state index is 4.25. The predicted octanol–water partition coefficient (Wildman–Crippen LogP) is 3.33. The summed E-state index contributed by atoms with van der Waals surface area (Å²) >= 11 is 5.24. The molecule has 0 aliphatic heterocycles. The van der Waals surface area contributed by atoms with Crippen molar-refractivity contribution in [3.05, 3.63) is 38.8 Å². The van der Waals surface area contributed by atoms with Gasteiger partial charge in [-0.3, -0.25) is 4.68 Å². The lowest BCUT2D eigenvalue weighted by Crippen LogP contribution is -2.24. The van der Waals surface area contributed by atoms with Crippen molar-refractivity contribution < 1.29 is 0 Å². The molecule has 5 heteroatoms. The molecule has 0 aliphatic rings. The van der Waals surface area contributed by atoms with E-state index in [4.69, 9.17) is 0 Å². The van der Waals surface area contributed by atoms with Gasteiger partial charge in [0.05, 0.1) is 15.5 Å². The molecule has 0 spiro atoms. The lowest BCUT2D eigenvalue weighted by Gasteiger charge is -2.17. The summed E-state index contributed by atoms with van der Waals surface area (Å²) in [7, 11) is 1.98. The number of nitrogens with zero attached hydrogens (tertiary/aromatic N) is 2. The first-order chi connectivity index (χ1) is 8.22. The Hall–Kier alpha value is -0.650. The van der Waals surface area contributed by atoms with Gasteiger partial charge >= 0.3 is 0 Å². The summed E-state index contributed by atoms with van der Waals surface area (Å²) in [4.78, 5) is 0. The van der Waals surface area contributed by atoms with Crippen LogP contribution in [0.5, 0.6) is 0 Å². The van der Waals surface area contributed by atoms with Crippen LogP contribution in [0.15, 0.2) is 27.5 Å². The summed E-state index contributed by atoms with van der Waals surface area (Å²) in [6, 6.07) is 4.47. The molecule has 2 rings (SSSR count). The highest BCUT2D eigenvalue weighted by atomic mass is 79.9. The lowest BCUT2D eigenvalue weighted by atomic mass is 10.1. The zero-order valence-electron chi connectivity index (χ0n) is 9.98. The van der Waals surface area contributed by atoms with Crippen LogP contribution in [-0.2, 0) is 7.05 Å². The smallest absolute Gasteiger partial charge is 0.0756 e. The fourth-order valence-electron chi connectivity index (χ4n) is 1.82. The summed E-state index contributed by atoms with van der Waals surface area (Å²) < 4.78 is 3.09. The molecule has 3 nitrogen and oxygen atoms in total. The standard InChI is InChI=1S/C12H16BrN3S/c1-3-5-14-12(9-7-11(13)17-8-9)10-4-6-15-16(10)2/h4,6-8,12,14H,3,5H2,1-2H3. The molecule has 0 aliphatic carbocycles. The van der Waals surface area contributed by atoms with Crippen molar-refractivity contribution in [1.82, 2.24) is 15.1 Å². The third kappa shape index (κ3) is 2.97. The molecule has 0 saturated heterocycles. The zero-order valence-corrected chi connectivity index (χ0v) is 12.4. The topological polar surface area (TPSA) is 29.9 Å². The van der Waals surface area contributed by atoms with Gasteiger partial charge in [-0.05, 0) is 52.0 Å². The summed E-state index contributed by atoms with van der Waals surface area (Å²) in [5.41, 5.74) is 2.49. The van der Waals surface area contributed by atoms with E-state index in [0.29, 0.717) is 0 Å². The molecule has 0 aromatic carbocycles. The highest BCUT2D eigenvalue weighted by Crippen LogP contribution is 2.29. The third-order valence-corrected chi connectivity index (χ3v) is 4.20. The zero-order chi connectivity index (χ0) is 12.3. The normalized spacial score (nSPS) is 12.9. The van der Waals surface area contributed by atoms with Crippen molar-refractivity contribution >= 4 is 27.3 Å². The van der Waals surface area contributed by atoms with Crippen LogP contribution in [0.1, 0.15) is 30.6 Å². The number of hydrogen-bond donors (Lipinski definition) is 1. The Bertz CT molecular complexity index is 478. The van der Waals surface area contributed by atoms with E-state index in [0.717, 1.165) is 16.8 Å². The van der Waals surface area contributed by atoms with Crippen molar-refractivity contribution in [2.45, 2.75) is 19.4 Å². The van der Waals surface area contributed by atoms with Gasteiger partial charge in [-0.1, -0.05) is 6.92 Å². The van der Waals surface area contributed by atoms with E-state index in [2.05, 4.69) is 50.8 Å². The SMILES string of the molecule is CCCNC(c1csc(Br)c1)c1ccnn1C. The molecule has 0 amide bonds. The molecule has 1 atom stereocenters. The van der Waals surface area contributed by atoms with Gasteiger partial charge in [-0.2, -0.15) is 5.10 Å². The van der Waals surface area contributed by atoms with Crippen LogP contribution in [0, 0.1) is 0 Å². The maximum Gasteiger partial charge on any atom is 0.0756 e. The number of aryl methyl sites for hydroxylation is 1. The second-order valence-corrected chi connectivity index (χ2v) is 6.24. The van der Waals surface area contributed by atoms with Gasteiger partial charge in [-0.25, -0.2) is 0 Å². The Morgan fingerprint density at radius 1 is 1.59 bits per heavy atom. The van der Waals surface area contributed by atoms with Crippen LogP contribution < -0.4 is 5.32 Å². The van der Waals surface area contributed by atoms with Crippen LogP contribution >= 0.6 is 27.3 Å². The largest absolute Gasteiger partial charge is 0.305 e. The molecule has 2 aromatic rings. The summed E-state index contributed by atoms with van der Waals surface area (Å²) in [6.45, 7) is 3.18. The molecule has 1 unspecified atom stereocenters. The highest BCUT2D eigenvalue weighted by molar-refractivity contribution is 9.11. The first-order valence-electron chi connectivity index (χ1n) is 5.67. The molecule has 1 N–H and O–H groups in total. The van der Waals surface area contributed by atoms with Crippen LogP contribution in [0.4, 0.5) is 0 Å². The van der Waals surface area contributed by atoms with Gasteiger partial charge < -0.3 is 5.32 Å². The van der Waals surface area contributed by atoms with Crippen molar-refractivity contribution in [3.63, 3.8) is 0 Å². The monoisotopic (exact) mass is 313 g/mol. The minimum atomic E-state index is 0.227. The van der Waals surface area contributed by atoms with E-state index in [-0.39, 0.29) is 6.04 Å². The molecular formula is C12H16BrN3S. The number of nitrogens with one attached hydrogen (secondary N) is 1. The summed E-state index contributed by atoms with van der Waals surface area (Å²) in [5.74, 6) is 0. The Kier molecular flexibility index (Phi) is 4.36. The number of rotatable bonds is 5. The Morgan fingerprint density at radius 2 is 2.41 bits per heavy atom. The van der Waals surface area contributed by atoms with Crippen molar-refractivity contribution in [2.24, 2.45) is 7.05 Å². The fourth-order valence-corrected chi connectivity index (χ4v) is 3.03. The molecular weight excluding hydrogens is 298 g/mol. The number of thiophene rings is 1. The fraction of sp³-hybridized carbons (Fsp3) is 0.417. The highest BCUT2D eigenvalue weighted by Gasteiger charge is 2.17. The van der Waals surface area contributed by atoms with E-state index in [1.165, 1.54) is 11.3 Å². The minimum absolute atomic E-state index is 0.227. The molecule has 2 heterocycles. The van der Waals surface area contributed by atoms with E-state index < -0.39 is 0 Å². The van der Waals surface area contributed by atoms with Crippen LogP contribution in [0.3, 0.4) is 0 Å². The van der Waals surface area contributed by atoms with Crippen molar-refractivity contribution in [2.75, 3.05) is 6.54 Å². The molecule has 0 saturated carbocycles. The lowest BCUT2D eigenvalue weighted by molar-refractivity contribution is 0.554. The van der Waals surface area contributed by atoms with Crippen molar-refractivity contribution in [3.8, 4) is 0 Å². The Labute approximate surface area is 114 Å². The average Bonchev–Trinajstić information content (AvgIpc) is 2.90. The van der Waals surface area contributed by atoms with Crippen LogP contribution in [0.2, 0.25) is 0 Å². The van der Waals surface area contributed by atoms with Gasteiger partial charge in [0.2, 0.25) is 0 Å². The summed E-state index contributed by atoms with van der Waals surface area (Å²) in [5, 5.41) is 10.00. The second kappa shape index (κ2) is 5.80. The predicted molar refractivity (Wildman–Crippen MR) is 75.4 cm³/mol. The van der Waals surface area contributed by atoms with Gasteiger partial charge in [-0.15, -0.1) is 11.3 Å². The van der Waals surface area contributed by atoms with Crippen LogP contribution in [-0.4, -0.2) is 16.3 Å². The molecule has 2 aromatic heterocycles. The Balaban J connectivity index is 2.28. The first-order valence-corrected chi connectivity index (χ1v) is 7.35. The minimum Gasteiger partial charge on any atom is -0.305 e. The van der Waals surface area contributed by atoms with E-state index >= 15 is 0 Å². The Morgan fingerprint density at radius 3 is 2.94 bits per heavy atom. The van der Waals surface area contributed by atoms with Gasteiger partial charge in [0.1, 0.15) is 0 Å². The van der Waals surface area contributed by atoms with E-state index in [1.807, 2.05) is 17.9 Å². The van der Waals surface area contributed by atoms with Crippen LogP contribution in [0.25, 0.3) is 0 Å². The first kappa shape index (κ1) is 12.8. The molecule has 0 radical (unpaired) electrons. The van der Waals surface area contributed by atoms with Gasteiger partial charge in [0.25, 0.3) is 0 Å². The molecule has 0 bridgehead atoms. The molecule has 0 fully saturated rings. The van der Waals surface area contributed by atoms with Gasteiger partial charge in [0.15, 0.2) is 0 Å².